The Morgan fingerprint density at radius 2 is 1.88 bits per heavy atom. The Hall–Kier alpha value is -1.06. The highest BCUT2D eigenvalue weighted by Crippen LogP contribution is 2.14. The summed E-state index contributed by atoms with van der Waals surface area (Å²) in [5, 5.41) is 17.8. The van der Waals surface area contributed by atoms with Gasteiger partial charge in [-0.25, -0.2) is 0 Å². The molecule has 0 fully saturated rings. The lowest BCUT2D eigenvalue weighted by Crippen LogP contribution is -2.21. The predicted octanol–water partition coefficient (Wildman–Crippen LogP) is 2.15. The second-order valence-electron chi connectivity index (χ2n) is 4.25. The molecule has 0 aliphatic heterocycles. The van der Waals surface area contributed by atoms with Gasteiger partial charge in [0.05, 0.1) is 6.61 Å². The molecule has 0 radical (unpaired) electrons. The minimum Gasteiger partial charge on any atom is -0.491 e. The van der Waals surface area contributed by atoms with Crippen LogP contribution in [-0.4, -0.2) is 29.5 Å². The summed E-state index contributed by atoms with van der Waals surface area (Å²) in [5.74, 6) is 0.733. The molecule has 0 saturated carbocycles. The average Bonchev–Trinajstić information content (AvgIpc) is 2.37. The number of aliphatic hydroxyl groups is 2. The van der Waals surface area contributed by atoms with Crippen molar-refractivity contribution in [3.8, 4) is 5.75 Å². The third-order valence-electron chi connectivity index (χ3n) is 2.65. The Kier molecular flexibility index (Phi) is 6.67. The quantitative estimate of drug-likeness (QED) is 0.682. The summed E-state index contributed by atoms with van der Waals surface area (Å²) in [6, 6.07) is 7.92. The van der Waals surface area contributed by atoms with E-state index >= 15 is 0 Å². The zero-order chi connectivity index (χ0) is 12.5. The third-order valence-corrected chi connectivity index (χ3v) is 2.65. The molecule has 1 aromatic carbocycles. The van der Waals surface area contributed by atoms with Crippen LogP contribution in [-0.2, 0) is 6.42 Å². The monoisotopic (exact) mass is 238 g/mol. The van der Waals surface area contributed by atoms with E-state index in [2.05, 4.69) is 19.1 Å². The lowest BCUT2D eigenvalue weighted by atomic mass is 10.1. The Morgan fingerprint density at radius 3 is 2.47 bits per heavy atom. The molecule has 0 bridgehead atoms. The zero-order valence-electron chi connectivity index (χ0n) is 10.4. The molecule has 1 rings (SSSR count). The zero-order valence-corrected chi connectivity index (χ0v) is 10.4. The Morgan fingerprint density at radius 1 is 1.18 bits per heavy atom. The first kappa shape index (κ1) is 14.0. The molecule has 3 nitrogen and oxygen atoms in total. The van der Waals surface area contributed by atoms with Crippen LogP contribution < -0.4 is 4.74 Å². The van der Waals surface area contributed by atoms with Crippen LogP contribution in [0.4, 0.5) is 0 Å². The average molecular weight is 238 g/mol. The molecule has 0 spiro atoms. The van der Waals surface area contributed by atoms with Crippen molar-refractivity contribution in [2.75, 3.05) is 13.2 Å². The Labute approximate surface area is 103 Å². The molecule has 0 amide bonds. The van der Waals surface area contributed by atoms with Crippen molar-refractivity contribution in [2.24, 2.45) is 0 Å². The molecule has 1 aromatic rings. The number of rotatable bonds is 8. The highest BCUT2D eigenvalue weighted by molar-refractivity contribution is 5.27. The van der Waals surface area contributed by atoms with E-state index in [1.165, 1.54) is 24.8 Å². The van der Waals surface area contributed by atoms with E-state index < -0.39 is 6.10 Å². The molecule has 0 saturated heterocycles. The Bertz CT molecular complexity index is 295. The topological polar surface area (TPSA) is 49.7 Å². The van der Waals surface area contributed by atoms with E-state index in [4.69, 9.17) is 14.9 Å². The summed E-state index contributed by atoms with van der Waals surface area (Å²) in [6.07, 6.45) is 4.02. The molecule has 0 heterocycles. The van der Waals surface area contributed by atoms with E-state index in [9.17, 15) is 0 Å². The first-order valence-corrected chi connectivity index (χ1v) is 6.27. The minimum atomic E-state index is -0.806. The largest absolute Gasteiger partial charge is 0.491 e. The van der Waals surface area contributed by atoms with Gasteiger partial charge in [-0.05, 0) is 30.5 Å². The van der Waals surface area contributed by atoms with E-state index in [1.807, 2.05) is 12.1 Å². The maximum Gasteiger partial charge on any atom is 0.119 e. The second kappa shape index (κ2) is 8.09. The number of hydrogen-bond acceptors (Lipinski definition) is 3. The van der Waals surface area contributed by atoms with Crippen molar-refractivity contribution in [1.82, 2.24) is 0 Å². The van der Waals surface area contributed by atoms with Gasteiger partial charge in [0.2, 0.25) is 0 Å². The lowest BCUT2D eigenvalue weighted by molar-refractivity contribution is 0.0536. The van der Waals surface area contributed by atoms with Gasteiger partial charge in [0, 0.05) is 0 Å². The molecule has 3 heteroatoms. The van der Waals surface area contributed by atoms with Gasteiger partial charge in [-0.2, -0.15) is 0 Å². The van der Waals surface area contributed by atoms with Crippen LogP contribution in [0, 0.1) is 0 Å². The summed E-state index contributed by atoms with van der Waals surface area (Å²) < 4.78 is 5.33. The molecule has 1 atom stereocenters. The fourth-order valence-electron chi connectivity index (χ4n) is 1.58. The van der Waals surface area contributed by atoms with Crippen LogP contribution >= 0.6 is 0 Å². The molecule has 96 valence electrons. The molecule has 0 aromatic heterocycles. The number of unbranched alkanes of at least 4 members (excludes halogenated alkanes) is 2. The summed E-state index contributed by atoms with van der Waals surface area (Å²) in [7, 11) is 0. The molecular formula is C14H22O3. The van der Waals surface area contributed by atoms with Gasteiger partial charge >= 0.3 is 0 Å². The lowest BCUT2D eigenvalue weighted by Gasteiger charge is -2.10. The van der Waals surface area contributed by atoms with Crippen molar-refractivity contribution in [3.05, 3.63) is 29.8 Å². The molecule has 0 aliphatic rings. The minimum absolute atomic E-state index is 0.131. The van der Waals surface area contributed by atoms with Crippen LogP contribution in [0.2, 0.25) is 0 Å². The van der Waals surface area contributed by atoms with Crippen LogP contribution in [0.25, 0.3) is 0 Å². The van der Waals surface area contributed by atoms with E-state index in [1.54, 1.807) is 0 Å². The summed E-state index contributed by atoms with van der Waals surface area (Å²) in [6.45, 7) is 2.06. The van der Waals surface area contributed by atoms with Crippen molar-refractivity contribution >= 4 is 0 Å². The fourth-order valence-corrected chi connectivity index (χ4v) is 1.58. The highest BCUT2D eigenvalue weighted by atomic mass is 16.5. The first-order chi connectivity index (χ1) is 8.26. The van der Waals surface area contributed by atoms with Gasteiger partial charge in [-0.15, -0.1) is 0 Å². The molecule has 17 heavy (non-hydrogen) atoms. The standard InChI is InChI=1S/C14H22O3/c1-2-3-4-5-12-6-8-14(9-7-12)17-11-13(16)10-15/h6-9,13,15-16H,2-5,10-11H2,1H3/t13-/m0/s1. The van der Waals surface area contributed by atoms with Gasteiger partial charge < -0.3 is 14.9 Å². The van der Waals surface area contributed by atoms with Crippen LogP contribution in [0.5, 0.6) is 5.75 Å². The highest BCUT2D eigenvalue weighted by Gasteiger charge is 2.02. The number of aliphatic hydroxyl groups excluding tert-OH is 2. The first-order valence-electron chi connectivity index (χ1n) is 6.27. The van der Waals surface area contributed by atoms with Crippen molar-refractivity contribution in [1.29, 1.82) is 0 Å². The van der Waals surface area contributed by atoms with E-state index in [-0.39, 0.29) is 13.2 Å². The van der Waals surface area contributed by atoms with Gasteiger partial charge in [-0.1, -0.05) is 31.9 Å². The smallest absolute Gasteiger partial charge is 0.119 e. The third kappa shape index (κ3) is 5.71. The van der Waals surface area contributed by atoms with Crippen molar-refractivity contribution in [3.63, 3.8) is 0 Å². The fraction of sp³-hybridized carbons (Fsp3) is 0.571. The SMILES string of the molecule is CCCCCc1ccc(OC[C@@H](O)CO)cc1. The molecular weight excluding hydrogens is 216 g/mol. The number of aryl methyl sites for hydroxylation is 1. The van der Waals surface area contributed by atoms with Gasteiger partial charge in [0.15, 0.2) is 0 Å². The maximum atomic E-state index is 9.14. The summed E-state index contributed by atoms with van der Waals surface area (Å²) in [5.41, 5.74) is 1.31. The number of ether oxygens (including phenoxy) is 1. The maximum absolute atomic E-state index is 9.14. The van der Waals surface area contributed by atoms with Gasteiger partial charge in [0.25, 0.3) is 0 Å². The summed E-state index contributed by atoms with van der Waals surface area (Å²) >= 11 is 0. The van der Waals surface area contributed by atoms with Crippen molar-refractivity contribution in [2.45, 2.75) is 38.7 Å². The predicted molar refractivity (Wildman–Crippen MR) is 68.3 cm³/mol. The molecule has 2 N–H and O–H groups in total. The molecule has 0 unspecified atom stereocenters. The van der Waals surface area contributed by atoms with Crippen LogP contribution in [0.1, 0.15) is 31.7 Å². The normalized spacial score (nSPS) is 12.4. The number of benzene rings is 1. The van der Waals surface area contributed by atoms with Crippen LogP contribution in [0.3, 0.4) is 0 Å². The Balaban J connectivity index is 2.34. The van der Waals surface area contributed by atoms with Gasteiger partial charge in [-0.3, -0.25) is 0 Å². The molecule has 0 aliphatic carbocycles. The van der Waals surface area contributed by atoms with Crippen molar-refractivity contribution < 1.29 is 14.9 Å². The summed E-state index contributed by atoms with van der Waals surface area (Å²) in [4.78, 5) is 0. The van der Waals surface area contributed by atoms with E-state index in [0.717, 1.165) is 12.2 Å². The van der Waals surface area contributed by atoms with Gasteiger partial charge in [0.1, 0.15) is 18.5 Å². The number of hydrogen-bond donors (Lipinski definition) is 2. The second-order valence-corrected chi connectivity index (χ2v) is 4.25. The van der Waals surface area contributed by atoms with E-state index in [0.29, 0.717) is 0 Å². The van der Waals surface area contributed by atoms with Crippen LogP contribution in [0.15, 0.2) is 24.3 Å².